The van der Waals surface area contributed by atoms with Gasteiger partial charge in [0.2, 0.25) is 0 Å². The Morgan fingerprint density at radius 2 is 1.61 bits per heavy atom. The van der Waals surface area contributed by atoms with E-state index in [1.54, 1.807) is 18.2 Å². The van der Waals surface area contributed by atoms with Crippen LogP contribution in [0.1, 0.15) is 41.8 Å². The van der Waals surface area contributed by atoms with Crippen LogP contribution in [0.2, 0.25) is 0 Å². The number of hydrogen-bond acceptors (Lipinski definition) is 3. The van der Waals surface area contributed by atoms with E-state index in [4.69, 9.17) is 0 Å². The number of nitrogens with zero attached hydrogens (tertiary/aromatic N) is 1. The lowest BCUT2D eigenvalue weighted by atomic mass is 9.91. The number of likely N-dealkylation sites (tertiary alicyclic amines) is 1. The van der Waals surface area contributed by atoms with E-state index in [-0.39, 0.29) is 10.8 Å². The molecule has 0 radical (unpaired) electrons. The lowest BCUT2D eigenvalue weighted by molar-refractivity contribution is 0.0623. The summed E-state index contributed by atoms with van der Waals surface area (Å²) in [5.74, 6) is 0.924. The van der Waals surface area contributed by atoms with Crippen molar-refractivity contribution >= 4 is 21.6 Å². The van der Waals surface area contributed by atoms with Crippen LogP contribution in [0, 0.1) is 25.7 Å². The third-order valence-corrected chi connectivity index (χ3v) is 6.80. The number of amides is 1. The lowest BCUT2D eigenvalue weighted by Crippen LogP contribution is -2.42. The maximum Gasteiger partial charge on any atom is 0.261 e. The van der Waals surface area contributed by atoms with E-state index in [0.29, 0.717) is 23.1 Å². The molecule has 150 valence electrons. The van der Waals surface area contributed by atoms with E-state index in [1.165, 1.54) is 12.1 Å². The van der Waals surface area contributed by atoms with Gasteiger partial charge in [-0.25, -0.2) is 8.42 Å². The molecule has 6 heteroatoms. The normalized spacial score (nSPS) is 20.1. The topological polar surface area (TPSA) is 66.5 Å². The van der Waals surface area contributed by atoms with Crippen LogP contribution in [0.25, 0.3) is 0 Å². The highest BCUT2D eigenvalue weighted by atomic mass is 32.2. The second kappa shape index (κ2) is 7.95. The van der Waals surface area contributed by atoms with Crippen molar-refractivity contribution in [2.45, 2.75) is 39.0 Å². The van der Waals surface area contributed by atoms with Crippen molar-refractivity contribution in [2.75, 3.05) is 17.8 Å². The van der Waals surface area contributed by atoms with Crippen LogP contribution in [0.5, 0.6) is 0 Å². The maximum atomic E-state index is 12.8. The smallest absolute Gasteiger partial charge is 0.261 e. The summed E-state index contributed by atoms with van der Waals surface area (Å²) in [5, 5.41) is 0. The number of piperidine rings is 1. The third-order valence-electron chi connectivity index (χ3n) is 5.42. The lowest BCUT2D eigenvalue weighted by Gasteiger charge is -2.35. The summed E-state index contributed by atoms with van der Waals surface area (Å²) in [5.41, 5.74) is 3.00. The Bertz CT molecular complexity index is 958. The predicted molar refractivity (Wildman–Crippen MR) is 112 cm³/mol. The second-order valence-electron chi connectivity index (χ2n) is 8.03. The maximum absolute atomic E-state index is 12.8. The number of rotatable bonds is 4. The highest BCUT2D eigenvalue weighted by molar-refractivity contribution is 7.92. The number of benzene rings is 2. The summed E-state index contributed by atoms with van der Waals surface area (Å²) in [6.45, 7) is 9.63. The number of aryl methyl sites for hydroxylation is 1. The molecule has 1 heterocycles. The molecule has 0 saturated carbocycles. The fraction of sp³-hybridized carbons (Fsp3) is 0.409. The number of nitrogens with one attached hydrogen (secondary N) is 1. The highest BCUT2D eigenvalue weighted by Crippen LogP contribution is 2.24. The minimum absolute atomic E-state index is 0.0372. The van der Waals surface area contributed by atoms with Gasteiger partial charge in [-0.05, 0) is 73.6 Å². The van der Waals surface area contributed by atoms with Crippen LogP contribution in [-0.4, -0.2) is 32.3 Å². The van der Waals surface area contributed by atoms with Gasteiger partial charge in [-0.1, -0.05) is 26.0 Å². The monoisotopic (exact) mass is 400 g/mol. The molecule has 0 aromatic heterocycles. The zero-order chi connectivity index (χ0) is 20.5. The number of carbonyl (C=O) groups is 1. The van der Waals surface area contributed by atoms with E-state index in [1.807, 2.05) is 30.9 Å². The van der Waals surface area contributed by atoms with Crippen LogP contribution in [0.15, 0.2) is 47.4 Å². The van der Waals surface area contributed by atoms with Crippen molar-refractivity contribution < 1.29 is 13.2 Å². The van der Waals surface area contributed by atoms with E-state index in [2.05, 4.69) is 18.6 Å². The van der Waals surface area contributed by atoms with Crippen LogP contribution in [0.4, 0.5) is 5.69 Å². The van der Waals surface area contributed by atoms with Crippen molar-refractivity contribution in [3.05, 3.63) is 59.2 Å². The van der Waals surface area contributed by atoms with Gasteiger partial charge in [0.15, 0.2) is 0 Å². The van der Waals surface area contributed by atoms with Crippen LogP contribution in [0.3, 0.4) is 0 Å². The molecule has 0 aliphatic carbocycles. The molecule has 1 fully saturated rings. The van der Waals surface area contributed by atoms with Crippen molar-refractivity contribution in [2.24, 2.45) is 11.8 Å². The fourth-order valence-corrected chi connectivity index (χ4v) is 4.98. The summed E-state index contributed by atoms with van der Waals surface area (Å²) in [4.78, 5) is 14.8. The van der Waals surface area contributed by atoms with Crippen molar-refractivity contribution in [1.29, 1.82) is 0 Å². The number of anilines is 1. The molecule has 0 spiro atoms. The number of sulfonamides is 1. The van der Waals surface area contributed by atoms with Gasteiger partial charge in [-0.2, -0.15) is 0 Å². The molecular formula is C22H28N2O3S. The van der Waals surface area contributed by atoms with Gasteiger partial charge in [0.25, 0.3) is 15.9 Å². The average Bonchev–Trinajstić information content (AvgIpc) is 2.64. The van der Waals surface area contributed by atoms with E-state index in [0.717, 1.165) is 30.6 Å². The van der Waals surface area contributed by atoms with Crippen LogP contribution in [-0.2, 0) is 10.0 Å². The molecule has 0 unspecified atom stereocenters. The summed E-state index contributed by atoms with van der Waals surface area (Å²) < 4.78 is 28.1. The third kappa shape index (κ3) is 4.38. The Balaban J connectivity index is 1.78. The molecule has 0 bridgehead atoms. The van der Waals surface area contributed by atoms with Gasteiger partial charge in [0, 0.05) is 18.7 Å². The summed E-state index contributed by atoms with van der Waals surface area (Å²) in [6, 6.07) is 11.7. The Kier molecular flexibility index (Phi) is 5.79. The molecule has 1 amide bonds. The van der Waals surface area contributed by atoms with Gasteiger partial charge in [-0.3, -0.25) is 9.52 Å². The molecule has 2 aromatic carbocycles. The standard InChI is InChI=1S/C22H28N2O3S/c1-15-12-16(2)14-24(13-15)22(25)19-8-10-20(11-9-19)28(26,27)23-21-7-5-6-17(3)18(21)4/h5-11,15-16,23H,12-14H2,1-4H3/t15-,16-/m1/s1. The first-order valence-corrected chi connectivity index (χ1v) is 11.1. The molecule has 2 atom stereocenters. The van der Waals surface area contributed by atoms with Crippen molar-refractivity contribution in [3.63, 3.8) is 0 Å². The van der Waals surface area contributed by atoms with Gasteiger partial charge >= 0.3 is 0 Å². The molecule has 3 rings (SSSR count). The molecule has 1 aliphatic heterocycles. The molecule has 2 aromatic rings. The summed E-state index contributed by atoms with van der Waals surface area (Å²) >= 11 is 0. The van der Waals surface area contributed by atoms with Crippen LogP contribution < -0.4 is 4.72 Å². The zero-order valence-corrected chi connectivity index (χ0v) is 17.7. The minimum atomic E-state index is -3.71. The molecule has 1 saturated heterocycles. The first kappa shape index (κ1) is 20.4. The molecule has 28 heavy (non-hydrogen) atoms. The zero-order valence-electron chi connectivity index (χ0n) is 16.9. The van der Waals surface area contributed by atoms with Gasteiger partial charge < -0.3 is 4.90 Å². The molecule has 1 N–H and O–H groups in total. The Labute approximate surface area is 167 Å². The summed E-state index contributed by atoms with van der Waals surface area (Å²) in [6.07, 6.45) is 1.13. The Morgan fingerprint density at radius 3 is 2.21 bits per heavy atom. The van der Waals surface area contributed by atoms with E-state index < -0.39 is 10.0 Å². The molecular weight excluding hydrogens is 372 g/mol. The first-order chi connectivity index (χ1) is 13.2. The Hall–Kier alpha value is -2.34. The Morgan fingerprint density at radius 1 is 1.00 bits per heavy atom. The average molecular weight is 401 g/mol. The summed E-state index contributed by atoms with van der Waals surface area (Å²) in [7, 11) is -3.71. The predicted octanol–water partition coefficient (Wildman–Crippen LogP) is 4.22. The van der Waals surface area contributed by atoms with Crippen molar-refractivity contribution in [3.8, 4) is 0 Å². The first-order valence-electron chi connectivity index (χ1n) is 9.65. The van der Waals surface area contributed by atoms with E-state index in [9.17, 15) is 13.2 Å². The SMILES string of the molecule is Cc1cccc(NS(=O)(=O)c2ccc(C(=O)N3C[C@H](C)C[C@@H](C)C3)cc2)c1C. The van der Waals surface area contributed by atoms with Gasteiger partial charge in [-0.15, -0.1) is 0 Å². The van der Waals surface area contributed by atoms with E-state index >= 15 is 0 Å². The quantitative estimate of drug-likeness (QED) is 0.835. The number of hydrogen-bond donors (Lipinski definition) is 1. The van der Waals surface area contributed by atoms with Crippen LogP contribution >= 0.6 is 0 Å². The molecule has 5 nitrogen and oxygen atoms in total. The fourth-order valence-electron chi connectivity index (χ4n) is 3.85. The largest absolute Gasteiger partial charge is 0.338 e. The van der Waals surface area contributed by atoms with Gasteiger partial charge in [0.05, 0.1) is 10.6 Å². The number of carbonyl (C=O) groups excluding carboxylic acids is 1. The van der Waals surface area contributed by atoms with Gasteiger partial charge in [0.1, 0.15) is 0 Å². The minimum Gasteiger partial charge on any atom is -0.338 e. The second-order valence-corrected chi connectivity index (χ2v) is 9.72. The van der Waals surface area contributed by atoms with Crippen molar-refractivity contribution in [1.82, 2.24) is 4.90 Å². The highest BCUT2D eigenvalue weighted by Gasteiger charge is 2.26. The molecule has 1 aliphatic rings.